The Bertz CT molecular complexity index is 1600. The van der Waals surface area contributed by atoms with Crippen molar-refractivity contribution in [1.82, 2.24) is 0 Å². The lowest BCUT2D eigenvalue weighted by atomic mass is 9.97. The fraction of sp³-hybridized carbons (Fsp3) is 0.486. The van der Waals surface area contributed by atoms with Crippen LogP contribution >= 0.6 is 0 Å². The third kappa shape index (κ3) is 10.9. The summed E-state index contributed by atoms with van der Waals surface area (Å²) in [5.41, 5.74) is 0.980. The molecule has 2 aliphatic heterocycles. The first-order chi connectivity index (χ1) is 25.2. The number of benzene rings is 2. The number of carbonyl (C=O) groups is 6. The van der Waals surface area contributed by atoms with Gasteiger partial charge < -0.3 is 57.6 Å². The zero-order valence-corrected chi connectivity index (χ0v) is 29.3. The van der Waals surface area contributed by atoms with E-state index in [4.69, 9.17) is 42.6 Å². The molecule has 0 unspecified atom stereocenters. The smallest absolute Gasteiger partial charge is 0.338 e. The second-order valence-electron chi connectivity index (χ2n) is 11.8. The molecule has 2 heterocycles. The Morgan fingerprint density at radius 3 is 1.77 bits per heavy atom. The fourth-order valence-corrected chi connectivity index (χ4v) is 5.50. The molecule has 2 N–H and O–H groups in total. The van der Waals surface area contributed by atoms with E-state index in [1.807, 2.05) is 18.2 Å². The van der Waals surface area contributed by atoms with Gasteiger partial charge in [-0.15, -0.1) is 0 Å². The quantitative estimate of drug-likeness (QED) is 0.210. The van der Waals surface area contributed by atoms with Gasteiger partial charge in [0.1, 0.15) is 24.6 Å². The van der Waals surface area contributed by atoms with Crippen LogP contribution < -0.4 is 4.74 Å². The summed E-state index contributed by atoms with van der Waals surface area (Å²) in [6, 6.07) is 14.7. The molecule has 0 aromatic heterocycles. The van der Waals surface area contributed by atoms with Gasteiger partial charge in [-0.3, -0.25) is 19.2 Å². The summed E-state index contributed by atoms with van der Waals surface area (Å²) in [5.74, 6) is -5.14. The van der Waals surface area contributed by atoms with Crippen LogP contribution in [0.3, 0.4) is 0 Å². The van der Waals surface area contributed by atoms with Crippen LogP contribution in [0.4, 0.5) is 0 Å². The molecule has 2 aliphatic rings. The van der Waals surface area contributed by atoms with Crippen LogP contribution in [0.25, 0.3) is 0 Å². The molecule has 0 amide bonds. The molecule has 2 fully saturated rings. The van der Waals surface area contributed by atoms with E-state index in [1.54, 1.807) is 12.1 Å². The van der Waals surface area contributed by atoms with Crippen molar-refractivity contribution in [3.8, 4) is 5.75 Å². The summed E-state index contributed by atoms with van der Waals surface area (Å²) in [6.07, 6.45) is -16.7. The first-order valence-electron chi connectivity index (χ1n) is 16.2. The first kappa shape index (κ1) is 40.6. The van der Waals surface area contributed by atoms with E-state index in [2.05, 4.69) is 4.74 Å². The maximum atomic E-state index is 12.6. The molecule has 288 valence electrons. The Kier molecular flexibility index (Phi) is 14.2. The maximum Gasteiger partial charge on any atom is 0.338 e. The molecule has 2 aromatic carbocycles. The van der Waals surface area contributed by atoms with Gasteiger partial charge in [0, 0.05) is 27.7 Å². The number of esters is 6. The van der Waals surface area contributed by atoms with Crippen molar-refractivity contribution in [2.45, 2.75) is 95.7 Å². The predicted octanol–water partition coefficient (Wildman–Crippen LogP) is 0.510. The van der Waals surface area contributed by atoms with E-state index < -0.39 is 104 Å². The summed E-state index contributed by atoms with van der Waals surface area (Å²) in [6.45, 7) is 3.53. The topological polar surface area (TPSA) is 235 Å². The molecule has 10 atom stereocenters. The molecule has 0 saturated carbocycles. The minimum Gasteiger partial charge on any atom is -0.467 e. The monoisotopic (exact) mass is 748 g/mol. The van der Waals surface area contributed by atoms with Crippen LogP contribution in [-0.2, 0) is 73.2 Å². The molecule has 0 radical (unpaired) electrons. The van der Waals surface area contributed by atoms with Crippen LogP contribution in [0.5, 0.6) is 5.75 Å². The number of methoxy groups -OCH3 is 1. The largest absolute Gasteiger partial charge is 0.467 e. The van der Waals surface area contributed by atoms with Crippen molar-refractivity contribution < 1.29 is 86.3 Å². The van der Waals surface area contributed by atoms with Crippen molar-refractivity contribution in [3.63, 3.8) is 0 Å². The minimum atomic E-state index is -1.87. The number of rotatable bonds is 13. The normalized spacial score (nSPS) is 28.1. The van der Waals surface area contributed by atoms with E-state index in [9.17, 15) is 39.0 Å². The highest BCUT2D eigenvalue weighted by atomic mass is 16.8. The van der Waals surface area contributed by atoms with Gasteiger partial charge in [-0.25, -0.2) is 9.59 Å². The third-order valence-corrected chi connectivity index (χ3v) is 7.76. The lowest BCUT2D eigenvalue weighted by Gasteiger charge is -2.44. The second kappa shape index (κ2) is 18.6. The summed E-state index contributed by atoms with van der Waals surface area (Å²) >= 11 is 0. The third-order valence-electron chi connectivity index (χ3n) is 7.76. The Hall–Kier alpha value is -5.14. The van der Waals surface area contributed by atoms with Crippen LogP contribution in [0, 0.1) is 0 Å². The Morgan fingerprint density at radius 2 is 1.21 bits per heavy atom. The summed E-state index contributed by atoms with van der Waals surface area (Å²) in [4.78, 5) is 73.4. The Morgan fingerprint density at radius 1 is 0.660 bits per heavy atom. The van der Waals surface area contributed by atoms with E-state index in [0.717, 1.165) is 40.4 Å². The Labute approximate surface area is 303 Å². The van der Waals surface area contributed by atoms with Crippen LogP contribution in [-0.4, -0.2) is 121 Å². The number of carbonyl (C=O) groups excluding carboxylic acids is 6. The highest BCUT2D eigenvalue weighted by molar-refractivity contribution is 5.89. The molecule has 0 aliphatic carbocycles. The van der Waals surface area contributed by atoms with Gasteiger partial charge >= 0.3 is 35.8 Å². The van der Waals surface area contributed by atoms with Crippen LogP contribution in [0.2, 0.25) is 0 Å². The molecule has 4 rings (SSSR count). The molecule has 0 bridgehead atoms. The van der Waals surface area contributed by atoms with Gasteiger partial charge in [0.2, 0.25) is 6.29 Å². The van der Waals surface area contributed by atoms with Gasteiger partial charge in [0.25, 0.3) is 0 Å². The highest BCUT2D eigenvalue weighted by Crippen LogP contribution is 2.32. The first-order valence-corrected chi connectivity index (χ1v) is 16.2. The molecule has 18 heteroatoms. The number of hydrogen-bond donors (Lipinski definition) is 2. The van der Waals surface area contributed by atoms with Gasteiger partial charge in [-0.1, -0.05) is 30.3 Å². The number of hydrogen-bond acceptors (Lipinski definition) is 18. The number of aliphatic hydroxyl groups excluding tert-OH is 2. The van der Waals surface area contributed by atoms with Crippen molar-refractivity contribution >= 4 is 35.8 Å². The Balaban J connectivity index is 1.57. The van der Waals surface area contributed by atoms with Crippen molar-refractivity contribution in [2.75, 3.05) is 13.7 Å². The SMILES string of the molecule is COC(=O)[C@H]1O[C@@H](OC[C@H]2O[C@@H](Oc3ccc(C(=O)OCc4ccccc4)cc3)[C@H](O)[C@@H](OC(C)=O)[C@H]2OC(C)=O)[C@H](OC(C)=O)[C@@H](OC(C)=O)[C@@H]1O. The highest BCUT2D eigenvalue weighted by Gasteiger charge is 2.55. The van der Waals surface area contributed by atoms with Gasteiger partial charge in [-0.2, -0.15) is 0 Å². The average Bonchev–Trinajstić information content (AvgIpc) is 3.11. The molecule has 53 heavy (non-hydrogen) atoms. The molecule has 2 saturated heterocycles. The van der Waals surface area contributed by atoms with E-state index in [0.29, 0.717) is 0 Å². The predicted molar refractivity (Wildman–Crippen MR) is 172 cm³/mol. The molecular formula is C35H40O18. The lowest BCUT2D eigenvalue weighted by Crippen LogP contribution is -2.64. The van der Waals surface area contributed by atoms with Gasteiger partial charge in [0.15, 0.2) is 42.9 Å². The molecule has 18 nitrogen and oxygen atoms in total. The maximum absolute atomic E-state index is 12.6. The molecule has 0 spiro atoms. The van der Waals surface area contributed by atoms with E-state index >= 15 is 0 Å². The zero-order chi connectivity index (χ0) is 38.8. The van der Waals surface area contributed by atoms with Crippen molar-refractivity contribution in [3.05, 3.63) is 65.7 Å². The molecule has 2 aromatic rings. The molecular weight excluding hydrogens is 708 g/mol. The second-order valence-corrected chi connectivity index (χ2v) is 11.8. The van der Waals surface area contributed by atoms with Gasteiger partial charge in [-0.05, 0) is 29.8 Å². The standard InChI is InChI=1S/C35H40O18/c1-17(36)47-27-24(16-46-35-31(50-20(4)39)28(48-18(2)37)25(40)30(53-35)33(43)44-5)52-34(26(41)29(27)49-19(3)38)51-23-13-11-22(12-14-23)32(42)45-15-21-9-7-6-8-10-21/h6-14,24-31,34-35,40-41H,15-16H2,1-5H3/t24-,25+,26-,27+,28+,29-,30+,31-,34-,35-/m1/s1. The lowest BCUT2D eigenvalue weighted by molar-refractivity contribution is -0.322. The van der Waals surface area contributed by atoms with Crippen LogP contribution in [0.1, 0.15) is 43.6 Å². The van der Waals surface area contributed by atoms with Crippen molar-refractivity contribution in [2.24, 2.45) is 0 Å². The zero-order valence-electron chi connectivity index (χ0n) is 29.3. The van der Waals surface area contributed by atoms with E-state index in [-0.39, 0.29) is 17.9 Å². The van der Waals surface area contributed by atoms with Gasteiger partial charge in [0.05, 0.1) is 19.3 Å². The summed E-state index contributed by atoms with van der Waals surface area (Å²) in [7, 11) is 1.01. The fourth-order valence-electron chi connectivity index (χ4n) is 5.50. The van der Waals surface area contributed by atoms with Crippen molar-refractivity contribution in [1.29, 1.82) is 0 Å². The summed E-state index contributed by atoms with van der Waals surface area (Å²) in [5, 5.41) is 22.1. The van der Waals surface area contributed by atoms with Crippen LogP contribution in [0.15, 0.2) is 54.6 Å². The minimum absolute atomic E-state index is 0.0480. The average molecular weight is 749 g/mol. The van der Waals surface area contributed by atoms with E-state index in [1.165, 1.54) is 24.3 Å². The number of aliphatic hydroxyl groups is 2. The summed E-state index contributed by atoms with van der Waals surface area (Å²) < 4.78 is 54.5. The number of ether oxygens (including phenoxy) is 10.